The molecule has 1 aliphatic heterocycles. The summed E-state index contributed by atoms with van der Waals surface area (Å²) in [6, 6.07) is 11.5. The molecule has 2 fully saturated rings. The van der Waals surface area contributed by atoms with Crippen LogP contribution in [0.1, 0.15) is 38.3 Å². The number of benzene rings is 2. The minimum absolute atomic E-state index is 0.00406. The zero-order valence-corrected chi connectivity index (χ0v) is 19.1. The second-order valence-electron chi connectivity index (χ2n) is 9.08. The van der Waals surface area contributed by atoms with Crippen LogP contribution in [0.5, 0.6) is 0 Å². The number of aryl methyl sites for hydroxylation is 2. The van der Waals surface area contributed by atoms with Crippen LogP contribution >= 0.6 is 11.6 Å². The summed E-state index contributed by atoms with van der Waals surface area (Å²) in [5.74, 6) is -2.68. The van der Waals surface area contributed by atoms with Gasteiger partial charge in [0.05, 0.1) is 11.8 Å². The van der Waals surface area contributed by atoms with Crippen molar-refractivity contribution in [1.82, 2.24) is 10.0 Å². The van der Waals surface area contributed by atoms with E-state index in [-0.39, 0.29) is 23.2 Å². The van der Waals surface area contributed by atoms with E-state index >= 15 is 0 Å². The Labute approximate surface area is 196 Å². The quantitative estimate of drug-likeness (QED) is 0.382. The first kappa shape index (κ1) is 21.6. The molecule has 6 nitrogen and oxygen atoms in total. The number of fused-ring (bicyclic) bond motifs is 5. The number of hydrazine groups is 1. The molecule has 33 heavy (non-hydrogen) atoms. The molecule has 0 N–H and O–H groups in total. The van der Waals surface area contributed by atoms with Crippen LogP contribution in [0.2, 0.25) is 5.02 Å². The molecule has 1 heterocycles. The molecule has 2 bridgehead atoms. The Balaban J connectivity index is 1.50. The first-order chi connectivity index (χ1) is 15.8. The zero-order chi connectivity index (χ0) is 23.4. The lowest BCUT2D eigenvalue weighted by atomic mass is 9.85. The molecule has 0 aromatic heterocycles. The highest BCUT2D eigenvalue weighted by atomic mass is 35.5. The van der Waals surface area contributed by atoms with Gasteiger partial charge in [-0.05, 0) is 73.6 Å². The average molecular weight is 463 g/mol. The maximum absolute atomic E-state index is 13.5. The number of ketones is 1. The van der Waals surface area contributed by atoms with Gasteiger partial charge >= 0.3 is 0 Å². The van der Waals surface area contributed by atoms with Crippen LogP contribution in [0, 0.1) is 37.5 Å². The van der Waals surface area contributed by atoms with E-state index in [2.05, 4.69) is 0 Å². The predicted molar refractivity (Wildman–Crippen MR) is 122 cm³/mol. The molecule has 0 radical (unpaired) electrons. The van der Waals surface area contributed by atoms with E-state index in [9.17, 15) is 19.2 Å². The number of rotatable bonds is 5. The number of carbonyl (C=O) groups is 4. The van der Waals surface area contributed by atoms with Gasteiger partial charge in [-0.3, -0.25) is 19.2 Å². The molecule has 4 atom stereocenters. The van der Waals surface area contributed by atoms with Crippen molar-refractivity contribution >= 4 is 35.1 Å². The van der Waals surface area contributed by atoms with Crippen molar-refractivity contribution in [2.45, 2.75) is 20.3 Å². The number of carbonyl (C=O) groups excluding carboxylic acids is 4. The summed E-state index contributed by atoms with van der Waals surface area (Å²) < 4.78 is 0. The second kappa shape index (κ2) is 7.96. The molecule has 168 valence electrons. The molecule has 2 aromatic carbocycles. The van der Waals surface area contributed by atoms with Crippen molar-refractivity contribution in [2.75, 3.05) is 6.54 Å². The number of imide groups is 1. The fourth-order valence-electron chi connectivity index (χ4n) is 5.24. The maximum atomic E-state index is 13.5. The molecule has 1 saturated carbocycles. The number of halogens is 1. The standard InChI is InChI=1S/C26H23ClN2O4/c1-14-3-4-17(11-15(14)2)21(30)13-28(24(31)16-7-9-20(27)10-8-16)29-25(32)22-18-5-6-19(12-18)23(22)26(29)33/h3-11,18-19,22-23H,12-13H2,1-2H3/t18-,19-,22-,23+/m0/s1. The lowest BCUT2D eigenvalue weighted by Crippen LogP contribution is -2.52. The summed E-state index contributed by atoms with van der Waals surface area (Å²) >= 11 is 5.96. The van der Waals surface area contributed by atoms with Crippen molar-refractivity contribution in [2.24, 2.45) is 23.7 Å². The number of amides is 3. The van der Waals surface area contributed by atoms with Gasteiger partial charge in [-0.1, -0.05) is 35.9 Å². The third-order valence-corrected chi connectivity index (χ3v) is 7.39. The summed E-state index contributed by atoms with van der Waals surface area (Å²) in [4.78, 5) is 53.4. The summed E-state index contributed by atoms with van der Waals surface area (Å²) in [6.45, 7) is 3.44. The van der Waals surface area contributed by atoms with Gasteiger partial charge in [0.2, 0.25) is 0 Å². The van der Waals surface area contributed by atoms with Gasteiger partial charge in [0.1, 0.15) is 6.54 Å². The summed E-state index contributed by atoms with van der Waals surface area (Å²) in [6.07, 6.45) is 4.77. The van der Waals surface area contributed by atoms with E-state index in [4.69, 9.17) is 11.6 Å². The predicted octanol–water partition coefficient (Wildman–Crippen LogP) is 4.00. The van der Waals surface area contributed by atoms with Crippen LogP contribution in [0.15, 0.2) is 54.6 Å². The van der Waals surface area contributed by atoms with Crippen molar-refractivity contribution in [3.63, 3.8) is 0 Å². The molecule has 1 saturated heterocycles. The van der Waals surface area contributed by atoms with Gasteiger partial charge in [0, 0.05) is 16.1 Å². The third-order valence-electron chi connectivity index (χ3n) is 7.14. The highest BCUT2D eigenvalue weighted by Crippen LogP contribution is 2.52. The van der Waals surface area contributed by atoms with Gasteiger partial charge in [-0.2, -0.15) is 5.01 Å². The minimum atomic E-state index is -0.592. The Morgan fingerprint density at radius 3 is 2.06 bits per heavy atom. The fraction of sp³-hybridized carbons (Fsp3) is 0.308. The molecule has 2 aliphatic carbocycles. The van der Waals surface area contributed by atoms with Crippen LogP contribution in [-0.4, -0.2) is 40.1 Å². The monoisotopic (exact) mass is 462 g/mol. The van der Waals surface area contributed by atoms with E-state index in [0.717, 1.165) is 27.6 Å². The Kier molecular flexibility index (Phi) is 5.20. The van der Waals surface area contributed by atoms with Crippen LogP contribution in [0.3, 0.4) is 0 Å². The molecular formula is C26H23ClN2O4. The molecule has 3 aliphatic rings. The molecule has 2 aromatic rings. The summed E-state index contributed by atoms with van der Waals surface area (Å²) in [5, 5.41) is 2.40. The smallest absolute Gasteiger partial charge is 0.273 e. The lowest BCUT2D eigenvalue weighted by Gasteiger charge is -2.31. The molecule has 0 unspecified atom stereocenters. The van der Waals surface area contributed by atoms with Gasteiger partial charge in [0.15, 0.2) is 5.78 Å². The Hall–Kier alpha value is -3.25. The first-order valence-electron chi connectivity index (χ1n) is 11.0. The van der Waals surface area contributed by atoms with Crippen molar-refractivity contribution < 1.29 is 19.2 Å². The first-order valence-corrected chi connectivity index (χ1v) is 11.4. The Morgan fingerprint density at radius 2 is 1.48 bits per heavy atom. The van der Waals surface area contributed by atoms with E-state index in [0.29, 0.717) is 10.6 Å². The summed E-state index contributed by atoms with van der Waals surface area (Å²) in [5.41, 5.74) is 2.65. The van der Waals surface area contributed by atoms with E-state index in [1.807, 2.05) is 32.1 Å². The SMILES string of the molecule is Cc1ccc(C(=O)CN(C(=O)c2ccc(Cl)cc2)N2C(=O)[C@@H]3[C@H](C2=O)[C@H]2C=C[C@H]3C2)cc1C. The van der Waals surface area contributed by atoms with Crippen molar-refractivity contribution in [1.29, 1.82) is 0 Å². The summed E-state index contributed by atoms with van der Waals surface area (Å²) in [7, 11) is 0. The number of hydrogen-bond acceptors (Lipinski definition) is 4. The van der Waals surface area contributed by atoms with Gasteiger partial charge in [0.25, 0.3) is 17.7 Å². The molecule has 5 rings (SSSR count). The van der Waals surface area contributed by atoms with Crippen LogP contribution < -0.4 is 0 Å². The largest absolute Gasteiger partial charge is 0.292 e. The topological polar surface area (TPSA) is 74.8 Å². The van der Waals surface area contributed by atoms with Gasteiger partial charge < -0.3 is 0 Å². The average Bonchev–Trinajstić information content (AvgIpc) is 3.48. The maximum Gasteiger partial charge on any atom is 0.273 e. The van der Waals surface area contributed by atoms with Crippen LogP contribution in [0.25, 0.3) is 0 Å². The highest BCUT2D eigenvalue weighted by molar-refractivity contribution is 6.30. The van der Waals surface area contributed by atoms with Crippen LogP contribution in [-0.2, 0) is 9.59 Å². The normalized spacial score (nSPS) is 25.0. The lowest BCUT2D eigenvalue weighted by molar-refractivity contribution is -0.154. The van der Waals surface area contributed by atoms with E-state index in [1.54, 1.807) is 24.3 Å². The number of nitrogens with zero attached hydrogens (tertiary/aromatic N) is 2. The van der Waals surface area contributed by atoms with E-state index in [1.165, 1.54) is 12.1 Å². The third kappa shape index (κ3) is 3.49. The highest BCUT2D eigenvalue weighted by Gasteiger charge is 2.61. The number of Topliss-reactive ketones (excluding diaryl/α,β-unsaturated/α-hetero) is 1. The van der Waals surface area contributed by atoms with Gasteiger partial charge in [-0.25, -0.2) is 5.01 Å². The number of hydrogen-bond donors (Lipinski definition) is 0. The number of allylic oxidation sites excluding steroid dienone is 2. The molecular weight excluding hydrogens is 440 g/mol. The molecule has 3 amide bonds. The minimum Gasteiger partial charge on any atom is -0.292 e. The molecule has 0 spiro atoms. The van der Waals surface area contributed by atoms with Crippen molar-refractivity contribution in [3.8, 4) is 0 Å². The van der Waals surface area contributed by atoms with Crippen molar-refractivity contribution in [3.05, 3.63) is 81.9 Å². The van der Waals surface area contributed by atoms with E-state index < -0.39 is 36.1 Å². The molecule has 7 heteroatoms. The second-order valence-corrected chi connectivity index (χ2v) is 9.52. The Morgan fingerprint density at radius 1 is 0.909 bits per heavy atom. The van der Waals surface area contributed by atoms with Crippen LogP contribution in [0.4, 0.5) is 0 Å². The van der Waals surface area contributed by atoms with Gasteiger partial charge in [-0.15, -0.1) is 0 Å². The fourth-order valence-corrected chi connectivity index (χ4v) is 5.37. The zero-order valence-electron chi connectivity index (χ0n) is 18.3. The Bertz CT molecular complexity index is 1190.